The second kappa shape index (κ2) is 10.2. The Morgan fingerprint density at radius 3 is 2.76 bits per heavy atom. The molecule has 4 aromatic rings. The van der Waals surface area contributed by atoms with E-state index in [4.69, 9.17) is 5.41 Å². The molecular weight excluding hydrogens is 476 g/mol. The summed E-state index contributed by atoms with van der Waals surface area (Å²) in [4.78, 5) is 25.5. The first-order chi connectivity index (χ1) is 18.2. The van der Waals surface area contributed by atoms with Gasteiger partial charge in [-0.1, -0.05) is 18.6 Å². The number of hydrogen-bond donors (Lipinski definition) is 4. The van der Waals surface area contributed by atoms with Gasteiger partial charge >= 0.3 is 0 Å². The SMILES string of the molecule is Cn1cc(-c2cc3c(-c4ccc5c(c4)CCCCC5NC(=O)/C(C=N)=C/NC(C)(C)C)ncnc3[nH]2)cn1. The Morgan fingerprint density at radius 2 is 2.03 bits per heavy atom. The van der Waals surface area contributed by atoms with E-state index in [2.05, 4.69) is 54.9 Å². The summed E-state index contributed by atoms with van der Waals surface area (Å²) in [5, 5.41) is 19.3. The second-order valence-corrected chi connectivity index (χ2v) is 10.9. The number of rotatable bonds is 6. The van der Waals surface area contributed by atoms with E-state index in [1.165, 1.54) is 5.56 Å². The standard InChI is InChI=1S/C29H34N8O/c1-29(2,3)33-14-20(13-30)28(38)36-24-8-6-5-7-18-11-19(9-10-22(18)24)26-23-12-25(21-15-34-37(4)16-21)35-27(23)32-17-31-26/h9-17,24,30,33H,5-8H2,1-4H3,(H,36,38)(H,31,32,35)/b20-14+,30-13?. The minimum atomic E-state index is -0.244. The Bertz CT molecular complexity index is 1520. The summed E-state index contributed by atoms with van der Waals surface area (Å²) >= 11 is 0. The van der Waals surface area contributed by atoms with Crippen molar-refractivity contribution in [2.75, 3.05) is 0 Å². The van der Waals surface area contributed by atoms with Crippen LogP contribution in [0.25, 0.3) is 33.5 Å². The minimum absolute atomic E-state index is 0.109. The van der Waals surface area contributed by atoms with Crippen molar-refractivity contribution in [1.82, 2.24) is 35.4 Å². The predicted molar refractivity (Wildman–Crippen MR) is 150 cm³/mol. The van der Waals surface area contributed by atoms with Gasteiger partial charge in [-0.15, -0.1) is 0 Å². The molecule has 0 fully saturated rings. The number of benzene rings is 1. The highest BCUT2D eigenvalue weighted by Crippen LogP contribution is 2.34. The first kappa shape index (κ1) is 25.4. The molecule has 9 heteroatoms. The van der Waals surface area contributed by atoms with Crippen molar-refractivity contribution >= 4 is 23.2 Å². The molecule has 38 heavy (non-hydrogen) atoms. The van der Waals surface area contributed by atoms with Gasteiger partial charge < -0.3 is 21.0 Å². The maximum absolute atomic E-state index is 13.0. The molecule has 0 bridgehead atoms. The quantitative estimate of drug-likeness (QED) is 0.168. The zero-order valence-electron chi connectivity index (χ0n) is 22.3. The molecule has 0 radical (unpaired) electrons. The van der Waals surface area contributed by atoms with E-state index in [0.717, 1.165) is 71.0 Å². The van der Waals surface area contributed by atoms with Gasteiger partial charge in [-0.05, 0) is 63.3 Å². The lowest BCUT2D eigenvalue weighted by molar-refractivity contribution is -0.117. The van der Waals surface area contributed by atoms with Crippen LogP contribution in [0.5, 0.6) is 0 Å². The lowest BCUT2D eigenvalue weighted by Gasteiger charge is -2.22. The van der Waals surface area contributed by atoms with Crippen LogP contribution in [-0.4, -0.2) is 42.4 Å². The van der Waals surface area contributed by atoms with Gasteiger partial charge in [-0.2, -0.15) is 5.10 Å². The van der Waals surface area contributed by atoms with Crippen molar-refractivity contribution in [3.8, 4) is 22.5 Å². The van der Waals surface area contributed by atoms with Crippen LogP contribution >= 0.6 is 0 Å². The third-order valence-electron chi connectivity index (χ3n) is 6.81. The number of H-pyrrole nitrogens is 1. The first-order valence-electron chi connectivity index (χ1n) is 13.0. The summed E-state index contributed by atoms with van der Waals surface area (Å²) < 4.78 is 1.77. The molecule has 1 aliphatic rings. The predicted octanol–water partition coefficient (Wildman–Crippen LogP) is 4.83. The maximum atomic E-state index is 13.0. The normalized spacial score (nSPS) is 16.1. The van der Waals surface area contributed by atoms with E-state index in [1.54, 1.807) is 17.2 Å². The highest BCUT2D eigenvalue weighted by atomic mass is 16.1. The Balaban J connectivity index is 1.45. The van der Waals surface area contributed by atoms with Gasteiger partial charge in [0.25, 0.3) is 5.91 Å². The fraction of sp³-hybridized carbons (Fsp3) is 0.345. The van der Waals surface area contributed by atoms with Gasteiger partial charge in [0.2, 0.25) is 0 Å². The fourth-order valence-corrected chi connectivity index (χ4v) is 4.87. The number of fused-ring (bicyclic) bond motifs is 2. The average Bonchev–Trinajstić information content (AvgIpc) is 3.46. The Hall–Kier alpha value is -4.27. The van der Waals surface area contributed by atoms with Crippen molar-refractivity contribution in [1.29, 1.82) is 5.41 Å². The molecule has 1 aliphatic carbocycles. The summed E-state index contributed by atoms with van der Waals surface area (Å²) in [7, 11) is 1.90. The number of carbonyl (C=O) groups excluding carboxylic acids is 1. The van der Waals surface area contributed by atoms with Gasteiger partial charge in [-0.25, -0.2) is 9.97 Å². The molecule has 3 aromatic heterocycles. The molecule has 5 rings (SSSR count). The number of carbonyl (C=O) groups is 1. The molecule has 0 saturated carbocycles. The number of aromatic amines is 1. The topological polar surface area (TPSA) is 124 Å². The molecule has 1 aromatic carbocycles. The van der Waals surface area contributed by atoms with Gasteiger partial charge in [0.1, 0.15) is 12.0 Å². The van der Waals surface area contributed by atoms with Crippen LogP contribution in [0.4, 0.5) is 0 Å². The number of aromatic nitrogens is 5. The monoisotopic (exact) mass is 510 g/mol. The van der Waals surface area contributed by atoms with Crippen LogP contribution < -0.4 is 10.6 Å². The summed E-state index contributed by atoms with van der Waals surface area (Å²) in [6.07, 6.45) is 12.0. The van der Waals surface area contributed by atoms with Crippen LogP contribution in [0.3, 0.4) is 0 Å². The number of hydrogen-bond acceptors (Lipinski definition) is 6. The minimum Gasteiger partial charge on any atom is -0.386 e. The number of amides is 1. The van der Waals surface area contributed by atoms with Gasteiger partial charge in [0.15, 0.2) is 0 Å². The lowest BCUT2D eigenvalue weighted by Crippen LogP contribution is -2.35. The zero-order valence-corrected chi connectivity index (χ0v) is 22.3. The Kier molecular flexibility index (Phi) is 6.84. The van der Waals surface area contributed by atoms with Crippen molar-refractivity contribution in [2.45, 2.75) is 58.0 Å². The smallest absolute Gasteiger partial charge is 0.254 e. The molecule has 1 amide bonds. The van der Waals surface area contributed by atoms with E-state index >= 15 is 0 Å². The fourth-order valence-electron chi connectivity index (χ4n) is 4.87. The molecule has 9 nitrogen and oxygen atoms in total. The van der Waals surface area contributed by atoms with E-state index in [9.17, 15) is 4.79 Å². The second-order valence-electron chi connectivity index (χ2n) is 10.9. The summed E-state index contributed by atoms with van der Waals surface area (Å²) in [6, 6.07) is 8.36. The number of nitrogens with zero attached hydrogens (tertiary/aromatic N) is 4. The van der Waals surface area contributed by atoms with Crippen LogP contribution in [0.1, 0.15) is 57.2 Å². The molecule has 0 aliphatic heterocycles. The van der Waals surface area contributed by atoms with Crippen molar-refractivity contribution in [3.63, 3.8) is 0 Å². The van der Waals surface area contributed by atoms with Crippen molar-refractivity contribution in [3.05, 3.63) is 65.9 Å². The van der Waals surface area contributed by atoms with Crippen LogP contribution in [0.2, 0.25) is 0 Å². The largest absolute Gasteiger partial charge is 0.386 e. The third kappa shape index (κ3) is 5.37. The van der Waals surface area contributed by atoms with E-state index in [0.29, 0.717) is 5.57 Å². The highest BCUT2D eigenvalue weighted by Gasteiger charge is 2.23. The first-order valence-corrected chi connectivity index (χ1v) is 13.0. The molecule has 4 N–H and O–H groups in total. The van der Waals surface area contributed by atoms with Crippen LogP contribution in [0, 0.1) is 5.41 Å². The van der Waals surface area contributed by atoms with E-state index in [-0.39, 0.29) is 17.5 Å². The van der Waals surface area contributed by atoms with E-state index in [1.807, 2.05) is 40.2 Å². The molecular formula is C29H34N8O. The van der Waals surface area contributed by atoms with Gasteiger partial charge in [0.05, 0.1) is 29.2 Å². The highest BCUT2D eigenvalue weighted by molar-refractivity contribution is 6.11. The summed E-state index contributed by atoms with van der Waals surface area (Å²) in [5.74, 6) is -0.244. The molecule has 0 saturated heterocycles. The average molecular weight is 511 g/mol. The van der Waals surface area contributed by atoms with Gasteiger partial charge in [-0.3, -0.25) is 9.48 Å². The summed E-state index contributed by atoms with van der Waals surface area (Å²) in [6.45, 7) is 6.04. The number of aryl methyl sites for hydroxylation is 2. The van der Waals surface area contributed by atoms with Crippen molar-refractivity contribution in [2.24, 2.45) is 7.05 Å². The third-order valence-corrected chi connectivity index (χ3v) is 6.81. The van der Waals surface area contributed by atoms with Gasteiger partial charge in [0, 0.05) is 47.7 Å². The molecule has 196 valence electrons. The zero-order chi connectivity index (χ0) is 26.9. The maximum Gasteiger partial charge on any atom is 0.254 e. The number of nitrogens with one attached hydrogen (secondary N) is 4. The Labute approximate surface area is 222 Å². The molecule has 3 heterocycles. The van der Waals surface area contributed by atoms with Crippen LogP contribution in [-0.2, 0) is 18.3 Å². The molecule has 1 unspecified atom stereocenters. The molecule has 0 spiro atoms. The van der Waals surface area contributed by atoms with Crippen molar-refractivity contribution < 1.29 is 4.79 Å². The van der Waals surface area contributed by atoms with E-state index < -0.39 is 0 Å². The van der Waals surface area contributed by atoms with Crippen LogP contribution in [0.15, 0.2) is 54.8 Å². The molecule has 1 atom stereocenters. The summed E-state index contributed by atoms with van der Waals surface area (Å²) in [5.41, 5.74) is 7.08. The lowest BCUT2D eigenvalue weighted by atomic mass is 9.95. The Morgan fingerprint density at radius 1 is 1.18 bits per heavy atom.